The minimum Gasteiger partial charge on any atom is -0.493 e. The minimum absolute atomic E-state index is 0.228. The summed E-state index contributed by atoms with van der Waals surface area (Å²) in [7, 11) is 7.72. The third-order valence-electron chi connectivity index (χ3n) is 4.88. The molecule has 0 aliphatic heterocycles. The molecule has 2 aromatic heterocycles. The van der Waals surface area contributed by atoms with Crippen LogP contribution in [0.5, 0.6) is 28.7 Å². The van der Waals surface area contributed by atoms with E-state index in [9.17, 15) is 4.79 Å². The van der Waals surface area contributed by atoms with Crippen molar-refractivity contribution in [1.82, 2.24) is 14.6 Å². The Balaban J connectivity index is 1.87. The Labute approximate surface area is 187 Å². The van der Waals surface area contributed by atoms with Gasteiger partial charge in [-0.25, -0.2) is 4.40 Å². The summed E-state index contributed by atoms with van der Waals surface area (Å²) in [6, 6.07) is 8.90. The van der Waals surface area contributed by atoms with Crippen LogP contribution in [0.4, 0.5) is 0 Å². The van der Waals surface area contributed by atoms with Crippen molar-refractivity contribution in [1.29, 1.82) is 0 Å². The molecule has 0 saturated heterocycles. The zero-order valence-electron chi connectivity index (χ0n) is 18.2. The highest BCUT2D eigenvalue weighted by Gasteiger charge is 2.19. The topological polar surface area (TPSA) is 93.4 Å². The number of nitrogens with zero attached hydrogens (tertiary/aromatic N) is 3. The summed E-state index contributed by atoms with van der Waals surface area (Å²) in [6.45, 7) is 0. The van der Waals surface area contributed by atoms with E-state index in [1.54, 1.807) is 44.6 Å². The molecule has 0 amide bonds. The predicted octanol–water partition coefficient (Wildman–Crippen LogP) is 2.41. The van der Waals surface area contributed by atoms with Gasteiger partial charge in [0, 0.05) is 5.56 Å². The summed E-state index contributed by atoms with van der Waals surface area (Å²) < 4.78 is 28.8. The second-order valence-electron chi connectivity index (χ2n) is 6.59. The van der Waals surface area contributed by atoms with Gasteiger partial charge >= 0.3 is 0 Å². The van der Waals surface area contributed by atoms with Crippen molar-refractivity contribution in [2.24, 2.45) is 0 Å². The Kier molecular flexibility index (Phi) is 5.87. The molecule has 0 spiro atoms. The molecule has 0 atom stereocenters. The van der Waals surface area contributed by atoms with Crippen molar-refractivity contribution in [3.8, 4) is 40.1 Å². The van der Waals surface area contributed by atoms with Crippen LogP contribution in [0, 0.1) is 0 Å². The van der Waals surface area contributed by atoms with E-state index in [4.69, 9.17) is 23.7 Å². The molecule has 32 heavy (non-hydrogen) atoms. The smallest absolute Gasteiger partial charge is 0.276 e. The van der Waals surface area contributed by atoms with Crippen LogP contribution < -0.4 is 33.8 Å². The molecule has 166 valence electrons. The van der Waals surface area contributed by atoms with Gasteiger partial charge in [-0.2, -0.15) is 0 Å². The van der Waals surface area contributed by atoms with Crippen molar-refractivity contribution in [2.75, 3.05) is 35.5 Å². The average Bonchev–Trinajstić information content (AvgIpc) is 3.37. The monoisotopic (exact) mass is 455 g/mol. The SMILES string of the molecule is COc1ccc(C=c2sc3nnc(-c4cc(OC)c(OC)c(OC)c4)n3c2=O)cc1OC. The number of hydrogen-bond donors (Lipinski definition) is 0. The van der Waals surface area contributed by atoms with Gasteiger partial charge in [-0.1, -0.05) is 17.4 Å². The molecule has 0 N–H and O–H groups in total. The van der Waals surface area contributed by atoms with Crippen molar-refractivity contribution in [3.05, 3.63) is 50.8 Å². The number of hydrogen-bond acceptors (Lipinski definition) is 9. The van der Waals surface area contributed by atoms with Gasteiger partial charge in [-0.05, 0) is 35.9 Å². The molecule has 0 bridgehead atoms. The van der Waals surface area contributed by atoms with Gasteiger partial charge in [0.2, 0.25) is 10.7 Å². The molecule has 0 aliphatic rings. The van der Waals surface area contributed by atoms with Crippen molar-refractivity contribution in [3.63, 3.8) is 0 Å². The summed E-state index contributed by atoms with van der Waals surface area (Å²) in [5, 5.41) is 8.40. The van der Waals surface area contributed by atoms with E-state index in [0.29, 0.717) is 49.6 Å². The maximum Gasteiger partial charge on any atom is 0.276 e. The van der Waals surface area contributed by atoms with Crippen LogP contribution in [0.3, 0.4) is 0 Å². The second kappa shape index (κ2) is 8.75. The standard InChI is InChI=1S/C22H21N3O6S/c1-27-14-7-6-12(8-15(14)28-2)9-18-21(26)25-20(23-24-22(25)32-18)13-10-16(29-3)19(31-5)17(11-13)30-4/h6-11H,1-5H3. The summed E-state index contributed by atoms with van der Waals surface area (Å²) >= 11 is 1.25. The molecule has 4 aromatic rings. The Morgan fingerprint density at radius 1 is 0.812 bits per heavy atom. The lowest BCUT2D eigenvalue weighted by molar-refractivity contribution is 0.324. The van der Waals surface area contributed by atoms with Crippen molar-refractivity contribution < 1.29 is 23.7 Å². The zero-order chi connectivity index (χ0) is 22.8. The lowest BCUT2D eigenvalue weighted by atomic mass is 10.1. The number of thiazole rings is 1. The van der Waals surface area contributed by atoms with Crippen molar-refractivity contribution >= 4 is 22.4 Å². The number of ether oxygens (including phenoxy) is 5. The molecule has 2 aromatic carbocycles. The fraction of sp³-hybridized carbons (Fsp3) is 0.227. The maximum absolute atomic E-state index is 13.2. The molecular weight excluding hydrogens is 434 g/mol. The Hall–Kier alpha value is -3.79. The van der Waals surface area contributed by atoms with Gasteiger partial charge in [0.1, 0.15) is 0 Å². The summed E-state index contributed by atoms with van der Waals surface area (Å²) in [5.41, 5.74) is 1.18. The van der Waals surface area contributed by atoms with E-state index in [1.807, 2.05) is 6.07 Å². The molecule has 0 unspecified atom stereocenters. The highest BCUT2D eigenvalue weighted by atomic mass is 32.1. The largest absolute Gasteiger partial charge is 0.493 e. The molecule has 0 fully saturated rings. The molecule has 0 saturated carbocycles. The highest BCUT2D eigenvalue weighted by Crippen LogP contribution is 2.40. The summed E-state index contributed by atoms with van der Waals surface area (Å²) in [6.07, 6.45) is 1.78. The van der Waals surface area contributed by atoms with Gasteiger partial charge in [0.15, 0.2) is 28.8 Å². The lowest BCUT2D eigenvalue weighted by Crippen LogP contribution is -2.23. The van der Waals surface area contributed by atoms with Crippen LogP contribution in [0.25, 0.3) is 22.4 Å². The van der Waals surface area contributed by atoms with Gasteiger partial charge in [0.05, 0.1) is 40.1 Å². The van der Waals surface area contributed by atoms with Crippen molar-refractivity contribution in [2.45, 2.75) is 0 Å². The summed E-state index contributed by atoms with van der Waals surface area (Å²) in [4.78, 5) is 13.7. The first-order valence-electron chi connectivity index (χ1n) is 9.46. The number of rotatable bonds is 7. The number of benzene rings is 2. The fourth-order valence-corrected chi connectivity index (χ4v) is 4.27. The quantitative estimate of drug-likeness (QED) is 0.420. The van der Waals surface area contributed by atoms with E-state index >= 15 is 0 Å². The first kappa shape index (κ1) is 21.4. The lowest BCUT2D eigenvalue weighted by Gasteiger charge is -2.13. The van der Waals surface area contributed by atoms with E-state index < -0.39 is 0 Å². The van der Waals surface area contributed by atoms with E-state index in [0.717, 1.165) is 5.56 Å². The normalized spacial score (nSPS) is 11.6. The van der Waals surface area contributed by atoms with E-state index in [1.165, 1.54) is 37.1 Å². The van der Waals surface area contributed by atoms with E-state index in [2.05, 4.69) is 10.2 Å². The van der Waals surface area contributed by atoms with Crippen LogP contribution in [-0.2, 0) is 0 Å². The van der Waals surface area contributed by atoms with Gasteiger partial charge in [0.25, 0.3) is 5.56 Å². The Morgan fingerprint density at radius 2 is 1.47 bits per heavy atom. The molecule has 9 nitrogen and oxygen atoms in total. The fourth-order valence-electron chi connectivity index (χ4n) is 3.35. The minimum atomic E-state index is -0.228. The zero-order valence-corrected chi connectivity index (χ0v) is 19.0. The number of aromatic nitrogens is 3. The Bertz CT molecular complexity index is 1370. The second-order valence-corrected chi connectivity index (χ2v) is 7.59. The first-order valence-corrected chi connectivity index (χ1v) is 10.3. The molecule has 4 rings (SSSR count). The average molecular weight is 455 g/mol. The van der Waals surface area contributed by atoms with Crippen LogP contribution in [-0.4, -0.2) is 50.1 Å². The third kappa shape index (κ3) is 3.58. The van der Waals surface area contributed by atoms with Gasteiger partial charge < -0.3 is 23.7 Å². The first-order chi connectivity index (χ1) is 15.5. The van der Waals surface area contributed by atoms with E-state index in [-0.39, 0.29) is 5.56 Å². The Morgan fingerprint density at radius 3 is 2.06 bits per heavy atom. The van der Waals surface area contributed by atoms with Crippen LogP contribution in [0.2, 0.25) is 0 Å². The maximum atomic E-state index is 13.2. The number of methoxy groups -OCH3 is 5. The van der Waals surface area contributed by atoms with Crippen LogP contribution >= 0.6 is 11.3 Å². The number of fused-ring (bicyclic) bond motifs is 1. The molecular formula is C22H21N3O6S. The summed E-state index contributed by atoms with van der Waals surface area (Å²) in [5.74, 6) is 2.94. The predicted molar refractivity (Wildman–Crippen MR) is 121 cm³/mol. The van der Waals surface area contributed by atoms with Crippen LogP contribution in [0.1, 0.15) is 5.56 Å². The van der Waals surface area contributed by atoms with Crippen LogP contribution in [0.15, 0.2) is 35.1 Å². The molecule has 0 radical (unpaired) electrons. The van der Waals surface area contributed by atoms with Gasteiger partial charge in [-0.3, -0.25) is 4.79 Å². The molecule has 0 aliphatic carbocycles. The highest BCUT2D eigenvalue weighted by molar-refractivity contribution is 7.15. The molecule has 2 heterocycles. The third-order valence-corrected chi connectivity index (χ3v) is 5.84. The molecule has 10 heteroatoms. The van der Waals surface area contributed by atoms with Gasteiger partial charge in [-0.15, -0.1) is 10.2 Å².